The Morgan fingerprint density at radius 2 is 1.92 bits per heavy atom. The van der Waals surface area contributed by atoms with Gasteiger partial charge in [0, 0.05) is 39.6 Å². The van der Waals surface area contributed by atoms with Crippen LogP contribution in [0.3, 0.4) is 0 Å². The van der Waals surface area contributed by atoms with Crippen LogP contribution in [-0.4, -0.2) is 61.8 Å². The molecule has 10 heteroatoms. The highest BCUT2D eigenvalue weighted by atomic mass is 32.2. The van der Waals surface area contributed by atoms with Gasteiger partial charge in [-0.05, 0) is 11.6 Å². The van der Waals surface area contributed by atoms with Gasteiger partial charge in [-0.3, -0.25) is 4.90 Å². The van der Waals surface area contributed by atoms with Gasteiger partial charge >= 0.3 is 6.18 Å². The monoisotopic (exact) mass is 384 g/mol. The molecule has 0 aliphatic carbocycles. The molecule has 1 heterocycles. The molecule has 0 unspecified atom stereocenters. The number of nitrogens with zero attached hydrogens (tertiary/aromatic N) is 2. The van der Waals surface area contributed by atoms with Gasteiger partial charge in [0.15, 0.2) is 0 Å². The Morgan fingerprint density at radius 3 is 2.48 bits per heavy atom. The molecule has 25 heavy (non-hydrogen) atoms. The molecule has 0 saturated carbocycles. The van der Waals surface area contributed by atoms with Crippen LogP contribution in [-0.2, 0) is 22.7 Å². The van der Waals surface area contributed by atoms with Crippen LogP contribution in [0, 0.1) is 11.7 Å². The summed E-state index contributed by atoms with van der Waals surface area (Å²) in [6.07, 6.45) is -5.80. The summed E-state index contributed by atoms with van der Waals surface area (Å²) < 4.78 is 77.7. The van der Waals surface area contributed by atoms with Crippen molar-refractivity contribution in [1.82, 2.24) is 9.21 Å². The van der Waals surface area contributed by atoms with E-state index in [0.717, 1.165) is 10.4 Å². The smallest absolute Gasteiger partial charge is 0.391 e. The molecule has 1 fully saturated rings. The van der Waals surface area contributed by atoms with Crippen LogP contribution in [0.25, 0.3) is 0 Å². The molecule has 0 aromatic heterocycles. The van der Waals surface area contributed by atoms with Crippen molar-refractivity contribution in [3.8, 4) is 0 Å². The lowest BCUT2D eigenvalue weighted by atomic mass is 10.1. The Morgan fingerprint density at radius 1 is 1.28 bits per heavy atom. The first-order valence-corrected chi connectivity index (χ1v) is 9.18. The molecular weight excluding hydrogens is 364 g/mol. The van der Waals surface area contributed by atoms with E-state index in [1.165, 1.54) is 31.1 Å². The number of hydrogen-bond acceptors (Lipinski definition) is 4. The molecule has 2 rings (SSSR count). The lowest BCUT2D eigenvalue weighted by Gasteiger charge is -2.20. The van der Waals surface area contributed by atoms with Crippen molar-refractivity contribution in [2.24, 2.45) is 5.92 Å². The van der Waals surface area contributed by atoms with Gasteiger partial charge in [-0.15, -0.1) is 0 Å². The second kappa shape index (κ2) is 7.18. The molecule has 0 radical (unpaired) electrons. The standard InChI is InChI=1S/C15H20F4N2O3S/c1-20(2)25(23,24)9-11-7-21(8-13(11)22)6-10-4-3-5-12(16)14(10)15(17,18)19/h3-5,11,13,22H,6-9H2,1-2H3/t11-,13+/m0/s1. The lowest BCUT2D eigenvalue weighted by molar-refractivity contribution is -0.140. The maximum atomic E-state index is 13.6. The minimum Gasteiger partial charge on any atom is -0.391 e. The first-order valence-electron chi connectivity index (χ1n) is 7.57. The Bertz CT molecular complexity index is 722. The minimum absolute atomic E-state index is 0.0292. The van der Waals surface area contributed by atoms with E-state index in [1.807, 2.05) is 0 Å². The Hall–Kier alpha value is -1.23. The number of hydrogen-bond donors (Lipinski definition) is 1. The number of alkyl halides is 3. The number of sulfonamides is 1. The van der Waals surface area contributed by atoms with E-state index in [1.54, 1.807) is 0 Å². The van der Waals surface area contributed by atoms with Crippen LogP contribution in [0.2, 0.25) is 0 Å². The summed E-state index contributed by atoms with van der Waals surface area (Å²) in [6.45, 7) is -0.0777. The largest absolute Gasteiger partial charge is 0.419 e. The molecule has 1 aliphatic heterocycles. The van der Waals surface area contributed by atoms with E-state index in [4.69, 9.17) is 0 Å². The number of halogens is 4. The van der Waals surface area contributed by atoms with E-state index in [2.05, 4.69) is 0 Å². The van der Waals surface area contributed by atoms with Crippen molar-refractivity contribution in [3.05, 3.63) is 35.1 Å². The first kappa shape index (κ1) is 20.1. The summed E-state index contributed by atoms with van der Waals surface area (Å²) in [5, 5.41) is 10.0. The van der Waals surface area contributed by atoms with Crippen LogP contribution in [0.5, 0.6) is 0 Å². The van der Waals surface area contributed by atoms with Gasteiger partial charge in [-0.2, -0.15) is 13.2 Å². The predicted octanol–water partition coefficient (Wildman–Crippen LogP) is 1.53. The molecule has 0 bridgehead atoms. The van der Waals surface area contributed by atoms with Crippen molar-refractivity contribution in [3.63, 3.8) is 0 Å². The van der Waals surface area contributed by atoms with Crippen molar-refractivity contribution in [2.75, 3.05) is 32.9 Å². The van der Waals surface area contributed by atoms with Crippen LogP contribution in [0.15, 0.2) is 18.2 Å². The third-order valence-corrected chi connectivity index (χ3v) is 6.20. The Balaban J connectivity index is 2.15. The van der Waals surface area contributed by atoms with E-state index < -0.39 is 39.6 Å². The maximum Gasteiger partial charge on any atom is 0.419 e. The zero-order valence-electron chi connectivity index (χ0n) is 13.8. The normalized spacial score (nSPS) is 22.7. The molecule has 2 atom stereocenters. The molecule has 1 aromatic rings. The number of aliphatic hydroxyl groups is 1. The molecule has 1 N–H and O–H groups in total. The summed E-state index contributed by atoms with van der Waals surface area (Å²) in [6, 6.07) is 3.13. The van der Waals surface area contributed by atoms with Gasteiger partial charge in [0.2, 0.25) is 10.0 Å². The molecule has 142 valence electrons. The summed E-state index contributed by atoms with van der Waals surface area (Å²) in [5.41, 5.74) is -1.57. The fraction of sp³-hybridized carbons (Fsp3) is 0.600. The SMILES string of the molecule is CN(C)S(=O)(=O)C[C@@H]1CN(Cc2cccc(F)c2C(F)(F)F)C[C@H]1O. The van der Waals surface area contributed by atoms with Crippen LogP contribution in [0.1, 0.15) is 11.1 Å². The zero-order valence-corrected chi connectivity index (χ0v) is 14.6. The van der Waals surface area contributed by atoms with Gasteiger partial charge < -0.3 is 5.11 Å². The molecule has 0 amide bonds. The molecule has 1 saturated heterocycles. The number of β-amino-alcohol motifs (C(OH)–C–C–N with tert-alkyl or cyclic N) is 1. The number of benzene rings is 1. The van der Waals surface area contributed by atoms with Gasteiger partial charge in [-0.1, -0.05) is 12.1 Å². The van der Waals surface area contributed by atoms with E-state index in [9.17, 15) is 31.1 Å². The van der Waals surface area contributed by atoms with Gasteiger partial charge in [0.05, 0.1) is 17.4 Å². The zero-order chi connectivity index (χ0) is 19.0. The average Bonchev–Trinajstić information content (AvgIpc) is 2.76. The van der Waals surface area contributed by atoms with Crippen molar-refractivity contribution in [1.29, 1.82) is 0 Å². The van der Waals surface area contributed by atoms with E-state index in [0.29, 0.717) is 0 Å². The maximum absolute atomic E-state index is 13.6. The van der Waals surface area contributed by atoms with Crippen LogP contribution >= 0.6 is 0 Å². The molecule has 1 aliphatic rings. The second-order valence-electron chi connectivity index (χ2n) is 6.35. The summed E-state index contributed by atoms with van der Waals surface area (Å²) in [4.78, 5) is 1.50. The highest BCUT2D eigenvalue weighted by Crippen LogP contribution is 2.35. The highest BCUT2D eigenvalue weighted by Gasteiger charge is 2.39. The van der Waals surface area contributed by atoms with E-state index in [-0.39, 0.29) is 31.0 Å². The van der Waals surface area contributed by atoms with Gasteiger partial charge in [0.25, 0.3) is 0 Å². The quantitative estimate of drug-likeness (QED) is 0.783. The van der Waals surface area contributed by atoms with Crippen LogP contribution < -0.4 is 0 Å². The topological polar surface area (TPSA) is 60.9 Å². The number of likely N-dealkylation sites (tertiary alicyclic amines) is 1. The van der Waals surface area contributed by atoms with Crippen molar-refractivity contribution in [2.45, 2.75) is 18.8 Å². The molecule has 5 nitrogen and oxygen atoms in total. The summed E-state index contributed by atoms with van der Waals surface area (Å²) in [5.74, 6) is -2.26. The van der Waals surface area contributed by atoms with Crippen molar-refractivity contribution >= 4 is 10.0 Å². The average molecular weight is 384 g/mol. The lowest BCUT2D eigenvalue weighted by Crippen LogP contribution is -2.33. The third-order valence-electron chi connectivity index (χ3n) is 4.24. The summed E-state index contributed by atoms with van der Waals surface area (Å²) in [7, 11) is -0.799. The number of aliphatic hydroxyl groups excluding tert-OH is 1. The highest BCUT2D eigenvalue weighted by molar-refractivity contribution is 7.89. The minimum atomic E-state index is -4.83. The molecular formula is C15H20F4N2O3S. The fourth-order valence-electron chi connectivity index (χ4n) is 2.91. The Kier molecular flexibility index (Phi) is 5.77. The molecule has 1 aromatic carbocycles. The fourth-order valence-corrected chi connectivity index (χ4v) is 4.08. The second-order valence-corrected chi connectivity index (χ2v) is 8.58. The van der Waals surface area contributed by atoms with Crippen LogP contribution in [0.4, 0.5) is 17.6 Å². The molecule has 0 spiro atoms. The number of rotatable bonds is 5. The van der Waals surface area contributed by atoms with Gasteiger partial charge in [0.1, 0.15) is 5.82 Å². The van der Waals surface area contributed by atoms with Gasteiger partial charge in [-0.25, -0.2) is 17.1 Å². The first-order chi connectivity index (χ1) is 11.4. The van der Waals surface area contributed by atoms with Crippen molar-refractivity contribution < 1.29 is 31.1 Å². The van der Waals surface area contributed by atoms with E-state index >= 15 is 0 Å². The third kappa shape index (κ3) is 4.69. The summed E-state index contributed by atoms with van der Waals surface area (Å²) >= 11 is 0. The predicted molar refractivity (Wildman–Crippen MR) is 83.6 cm³/mol. The Labute approximate surface area is 143 Å².